The molecule has 4 rings (SSSR count). The van der Waals surface area contributed by atoms with Crippen LogP contribution in [-0.2, 0) is 6.42 Å². The summed E-state index contributed by atoms with van der Waals surface area (Å²) in [7, 11) is 0. The SMILES string of the molecule is CC1=C(c2ccc3c(c2)Cc2ccccc2-3)C(C)C=C1C(C)(C)C. The second-order valence-electron chi connectivity index (χ2n) is 8.36. The fourth-order valence-corrected chi connectivity index (χ4v) is 4.55. The summed E-state index contributed by atoms with van der Waals surface area (Å²) in [6.45, 7) is 11.6. The Hall–Kier alpha value is -2.08. The Morgan fingerprint density at radius 3 is 2.33 bits per heavy atom. The van der Waals surface area contributed by atoms with Gasteiger partial charge < -0.3 is 0 Å². The summed E-state index contributed by atoms with van der Waals surface area (Å²) in [6.07, 6.45) is 3.53. The molecule has 0 spiro atoms. The van der Waals surface area contributed by atoms with Gasteiger partial charge >= 0.3 is 0 Å². The van der Waals surface area contributed by atoms with Crippen LogP contribution in [0.25, 0.3) is 16.7 Å². The Morgan fingerprint density at radius 1 is 0.917 bits per heavy atom. The van der Waals surface area contributed by atoms with Gasteiger partial charge in [-0.2, -0.15) is 0 Å². The molecule has 0 amide bonds. The number of allylic oxidation sites excluding steroid dienone is 4. The summed E-state index contributed by atoms with van der Waals surface area (Å²) in [5.41, 5.74) is 11.9. The van der Waals surface area contributed by atoms with Crippen molar-refractivity contribution in [2.24, 2.45) is 11.3 Å². The molecule has 0 saturated heterocycles. The van der Waals surface area contributed by atoms with Gasteiger partial charge in [0.25, 0.3) is 0 Å². The van der Waals surface area contributed by atoms with Gasteiger partial charge in [-0.3, -0.25) is 0 Å². The first-order chi connectivity index (χ1) is 11.4. The Morgan fingerprint density at radius 2 is 1.62 bits per heavy atom. The minimum atomic E-state index is 0.215. The zero-order chi connectivity index (χ0) is 17.1. The van der Waals surface area contributed by atoms with E-state index >= 15 is 0 Å². The first kappa shape index (κ1) is 15.4. The van der Waals surface area contributed by atoms with Crippen LogP contribution < -0.4 is 0 Å². The van der Waals surface area contributed by atoms with E-state index in [0.29, 0.717) is 5.92 Å². The highest BCUT2D eigenvalue weighted by Gasteiger charge is 2.29. The van der Waals surface area contributed by atoms with Crippen molar-refractivity contribution in [3.05, 3.63) is 76.4 Å². The van der Waals surface area contributed by atoms with Gasteiger partial charge in [0.15, 0.2) is 0 Å². The molecule has 0 fully saturated rings. The zero-order valence-corrected chi connectivity index (χ0v) is 15.4. The molecule has 0 radical (unpaired) electrons. The van der Waals surface area contributed by atoms with E-state index in [4.69, 9.17) is 0 Å². The second kappa shape index (κ2) is 5.21. The van der Waals surface area contributed by atoms with E-state index in [1.807, 2.05) is 0 Å². The third-order valence-corrected chi connectivity index (χ3v) is 5.59. The molecule has 0 bridgehead atoms. The highest BCUT2D eigenvalue weighted by Crippen LogP contribution is 2.46. The van der Waals surface area contributed by atoms with Crippen LogP contribution in [0.15, 0.2) is 59.7 Å². The zero-order valence-electron chi connectivity index (χ0n) is 15.4. The molecular formula is C24H26. The molecule has 0 heterocycles. The molecule has 2 aromatic carbocycles. The molecule has 0 aromatic heterocycles. The Kier molecular flexibility index (Phi) is 3.35. The molecule has 2 aromatic rings. The van der Waals surface area contributed by atoms with Crippen LogP contribution in [-0.4, -0.2) is 0 Å². The van der Waals surface area contributed by atoms with Crippen LogP contribution in [0.3, 0.4) is 0 Å². The van der Waals surface area contributed by atoms with Crippen molar-refractivity contribution in [1.29, 1.82) is 0 Å². The average Bonchev–Trinajstić information content (AvgIpc) is 3.03. The maximum Gasteiger partial charge on any atom is 0.000435 e. The van der Waals surface area contributed by atoms with Crippen molar-refractivity contribution in [2.75, 3.05) is 0 Å². The first-order valence-corrected chi connectivity index (χ1v) is 9.01. The minimum absolute atomic E-state index is 0.215. The maximum atomic E-state index is 2.46. The monoisotopic (exact) mass is 314 g/mol. The maximum absolute atomic E-state index is 2.46. The van der Waals surface area contributed by atoms with Crippen molar-refractivity contribution in [3.8, 4) is 11.1 Å². The predicted octanol–water partition coefficient (Wildman–Crippen LogP) is 6.65. The average molecular weight is 314 g/mol. The van der Waals surface area contributed by atoms with Gasteiger partial charge in [0, 0.05) is 5.92 Å². The normalized spacial score (nSPS) is 19.4. The second-order valence-corrected chi connectivity index (χ2v) is 8.36. The molecule has 0 heteroatoms. The molecule has 1 atom stereocenters. The number of rotatable bonds is 1. The smallest absolute Gasteiger partial charge is 0.000435 e. The van der Waals surface area contributed by atoms with E-state index in [1.54, 1.807) is 0 Å². The third kappa shape index (κ3) is 2.28. The van der Waals surface area contributed by atoms with E-state index in [2.05, 4.69) is 83.2 Å². The van der Waals surface area contributed by atoms with Crippen LogP contribution in [0.5, 0.6) is 0 Å². The number of fused-ring (bicyclic) bond motifs is 3. The topological polar surface area (TPSA) is 0 Å². The van der Waals surface area contributed by atoms with E-state index in [1.165, 1.54) is 44.5 Å². The quantitative estimate of drug-likeness (QED) is 0.471. The Balaban J connectivity index is 1.78. The van der Waals surface area contributed by atoms with Crippen molar-refractivity contribution < 1.29 is 0 Å². The van der Waals surface area contributed by atoms with Crippen molar-refractivity contribution in [3.63, 3.8) is 0 Å². The highest BCUT2D eigenvalue weighted by molar-refractivity contribution is 5.83. The standard InChI is InChI=1S/C24H26/c1-15-12-22(24(3,4)5)16(2)23(15)18-10-11-21-19(14-18)13-17-8-6-7-9-20(17)21/h6-12,14-15H,13H2,1-5H3. The fourth-order valence-electron chi connectivity index (χ4n) is 4.55. The van der Waals surface area contributed by atoms with Gasteiger partial charge in [0.1, 0.15) is 0 Å². The molecule has 1 unspecified atom stereocenters. The van der Waals surface area contributed by atoms with Crippen LogP contribution in [0.2, 0.25) is 0 Å². The molecule has 122 valence electrons. The summed E-state index contributed by atoms with van der Waals surface area (Å²) < 4.78 is 0. The van der Waals surface area contributed by atoms with Gasteiger partial charge in [0.05, 0.1) is 0 Å². The van der Waals surface area contributed by atoms with Crippen LogP contribution >= 0.6 is 0 Å². The van der Waals surface area contributed by atoms with E-state index in [9.17, 15) is 0 Å². The molecule has 24 heavy (non-hydrogen) atoms. The molecule has 2 aliphatic carbocycles. The van der Waals surface area contributed by atoms with E-state index in [-0.39, 0.29) is 5.41 Å². The van der Waals surface area contributed by atoms with Crippen molar-refractivity contribution >= 4 is 5.57 Å². The lowest BCUT2D eigenvalue weighted by atomic mass is 9.83. The van der Waals surface area contributed by atoms with Gasteiger partial charge in [-0.25, -0.2) is 0 Å². The van der Waals surface area contributed by atoms with E-state index < -0.39 is 0 Å². The summed E-state index contributed by atoms with van der Waals surface area (Å²) in [6, 6.07) is 15.9. The lowest BCUT2D eigenvalue weighted by Gasteiger charge is -2.22. The molecule has 0 nitrogen and oxygen atoms in total. The molecule has 0 saturated carbocycles. The van der Waals surface area contributed by atoms with Gasteiger partial charge in [0.2, 0.25) is 0 Å². The third-order valence-electron chi connectivity index (χ3n) is 5.59. The van der Waals surface area contributed by atoms with Crippen molar-refractivity contribution in [1.82, 2.24) is 0 Å². The van der Waals surface area contributed by atoms with Crippen LogP contribution in [0, 0.1) is 11.3 Å². The number of benzene rings is 2. The summed E-state index contributed by atoms with van der Waals surface area (Å²) in [4.78, 5) is 0. The summed E-state index contributed by atoms with van der Waals surface area (Å²) in [5, 5.41) is 0. The molecule has 2 aliphatic rings. The lowest BCUT2D eigenvalue weighted by Crippen LogP contribution is -2.09. The largest absolute Gasteiger partial charge is 0.0732 e. The Bertz CT molecular complexity index is 884. The number of hydrogen-bond acceptors (Lipinski definition) is 0. The van der Waals surface area contributed by atoms with Gasteiger partial charge in [-0.15, -0.1) is 0 Å². The molecular weight excluding hydrogens is 288 g/mol. The predicted molar refractivity (Wildman–Crippen MR) is 104 cm³/mol. The summed E-state index contributed by atoms with van der Waals surface area (Å²) in [5.74, 6) is 0.501. The van der Waals surface area contributed by atoms with Crippen molar-refractivity contribution in [2.45, 2.75) is 41.0 Å². The van der Waals surface area contributed by atoms with Gasteiger partial charge in [-0.05, 0) is 63.3 Å². The molecule has 0 N–H and O–H groups in total. The summed E-state index contributed by atoms with van der Waals surface area (Å²) >= 11 is 0. The highest BCUT2D eigenvalue weighted by atomic mass is 14.3. The van der Waals surface area contributed by atoms with Gasteiger partial charge in [-0.1, -0.05) is 76.2 Å². The van der Waals surface area contributed by atoms with E-state index in [0.717, 1.165) is 6.42 Å². The van der Waals surface area contributed by atoms with Crippen LogP contribution in [0.1, 0.15) is 51.3 Å². The first-order valence-electron chi connectivity index (χ1n) is 9.01. The fraction of sp³-hybridized carbons (Fsp3) is 0.333. The lowest BCUT2D eigenvalue weighted by molar-refractivity contribution is 0.510. The van der Waals surface area contributed by atoms with Crippen LogP contribution in [0.4, 0.5) is 0 Å². The Labute approximate surface area is 145 Å². The molecule has 0 aliphatic heterocycles. The number of hydrogen-bond donors (Lipinski definition) is 0. The minimum Gasteiger partial charge on any atom is -0.0732 e.